The summed E-state index contributed by atoms with van der Waals surface area (Å²) in [5, 5.41) is 9.69. The van der Waals surface area contributed by atoms with E-state index in [1.54, 1.807) is 33.1 Å². The predicted octanol–water partition coefficient (Wildman–Crippen LogP) is 2.76. The highest BCUT2D eigenvalue weighted by Crippen LogP contribution is 2.15. The summed E-state index contributed by atoms with van der Waals surface area (Å²) in [5.74, 6) is 2.63. The SMILES string of the molecule is COc1ccc(CNC(=O)c2cc(Nc3cc(C)on3)nc(C)n2)cc1. The van der Waals surface area contributed by atoms with Crippen molar-refractivity contribution in [3.63, 3.8) is 0 Å². The van der Waals surface area contributed by atoms with Crippen LogP contribution in [0.5, 0.6) is 5.75 Å². The monoisotopic (exact) mass is 353 g/mol. The lowest BCUT2D eigenvalue weighted by Gasteiger charge is -2.08. The maximum absolute atomic E-state index is 12.4. The van der Waals surface area contributed by atoms with Crippen LogP contribution in [0.25, 0.3) is 0 Å². The maximum atomic E-state index is 12.4. The number of rotatable bonds is 6. The molecule has 26 heavy (non-hydrogen) atoms. The van der Waals surface area contributed by atoms with E-state index in [2.05, 4.69) is 25.8 Å². The number of nitrogens with one attached hydrogen (secondary N) is 2. The van der Waals surface area contributed by atoms with E-state index in [4.69, 9.17) is 9.26 Å². The van der Waals surface area contributed by atoms with Gasteiger partial charge in [-0.2, -0.15) is 0 Å². The first-order valence-electron chi connectivity index (χ1n) is 8.00. The molecule has 8 nitrogen and oxygen atoms in total. The first-order chi connectivity index (χ1) is 12.5. The summed E-state index contributed by atoms with van der Waals surface area (Å²) in [6.07, 6.45) is 0. The van der Waals surface area contributed by atoms with E-state index in [-0.39, 0.29) is 11.6 Å². The van der Waals surface area contributed by atoms with Crippen molar-refractivity contribution < 1.29 is 14.1 Å². The zero-order valence-corrected chi connectivity index (χ0v) is 14.7. The first kappa shape index (κ1) is 17.4. The fourth-order valence-electron chi connectivity index (χ4n) is 2.32. The second-order valence-corrected chi connectivity index (χ2v) is 5.66. The Bertz CT molecular complexity index is 905. The molecule has 0 atom stereocenters. The molecule has 1 aromatic carbocycles. The second kappa shape index (κ2) is 7.64. The van der Waals surface area contributed by atoms with Gasteiger partial charge in [-0.1, -0.05) is 17.3 Å². The molecular formula is C18H19N5O3. The van der Waals surface area contributed by atoms with Crippen LogP contribution in [0.3, 0.4) is 0 Å². The topological polar surface area (TPSA) is 102 Å². The Kier molecular flexibility index (Phi) is 5.12. The molecule has 2 aromatic heterocycles. The average molecular weight is 353 g/mol. The molecule has 134 valence electrons. The first-order valence-corrected chi connectivity index (χ1v) is 8.00. The Balaban J connectivity index is 1.68. The van der Waals surface area contributed by atoms with Crippen LogP contribution < -0.4 is 15.4 Å². The van der Waals surface area contributed by atoms with Crippen molar-refractivity contribution in [3.05, 3.63) is 59.2 Å². The molecule has 0 saturated heterocycles. The number of amides is 1. The minimum Gasteiger partial charge on any atom is -0.497 e. The van der Waals surface area contributed by atoms with Crippen molar-refractivity contribution in [3.8, 4) is 5.75 Å². The van der Waals surface area contributed by atoms with E-state index in [0.717, 1.165) is 11.3 Å². The number of ether oxygens (including phenoxy) is 1. The smallest absolute Gasteiger partial charge is 0.270 e. The summed E-state index contributed by atoms with van der Waals surface area (Å²) >= 11 is 0. The predicted molar refractivity (Wildman–Crippen MR) is 95.5 cm³/mol. The van der Waals surface area contributed by atoms with Crippen molar-refractivity contribution in [1.29, 1.82) is 0 Å². The fraction of sp³-hybridized carbons (Fsp3) is 0.222. The number of benzene rings is 1. The molecule has 2 heterocycles. The minimum atomic E-state index is -0.286. The van der Waals surface area contributed by atoms with Crippen molar-refractivity contribution in [2.75, 3.05) is 12.4 Å². The van der Waals surface area contributed by atoms with Gasteiger partial charge in [-0.05, 0) is 31.5 Å². The number of nitrogens with zero attached hydrogens (tertiary/aromatic N) is 3. The standard InChI is InChI=1S/C18H19N5O3/c1-11-8-17(23-26-11)22-16-9-15(20-12(2)21-16)18(24)19-10-13-4-6-14(25-3)7-5-13/h4-9H,10H2,1-3H3,(H,19,24)(H,20,21,22,23). The van der Waals surface area contributed by atoms with Gasteiger partial charge in [0.25, 0.3) is 5.91 Å². The Labute approximate surface area is 150 Å². The molecule has 0 aliphatic heterocycles. The number of methoxy groups -OCH3 is 1. The lowest BCUT2D eigenvalue weighted by atomic mass is 10.2. The van der Waals surface area contributed by atoms with Gasteiger partial charge >= 0.3 is 0 Å². The Hall–Kier alpha value is -3.42. The summed E-state index contributed by atoms with van der Waals surface area (Å²) in [6, 6.07) is 10.8. The van der Waals surface area contributed by atoms with Gasteiger partial charge in [0.15, 0.2) is 5.82 Å². The normalized spacial score (nSPS) is 10.4. The molecule has 0 spiro atoms. The van der Waals surface area contributed by atoms with Gasteiger partial charge in [0.1, 0.15) is 28.8 Å². The molecule has 0 radical (unpaired) electrons. The molecule has 0 fully saturated rings. The third-order valence-electron chi connectivity index (χ3n) is 3.57. The van der Waals surface area contributed by atoms with Crippen molar-refractivity contribution in [2.24, 2.45) is 0 Å². The van der Waals surface area contributed by atoms with Crippen LogP contribution in [-0.2, 0) is 6.54 Å². The van der Waals surface area contributed by atoms with E-state index >= 15 is 0 Å². The summed E-state index contributed by atoms with van der Waals surface area (Å²) in [4.78, 5) is 20.9. The highest BCUT2D eigenvalue weighted by molar-refractivity contribution is 5.93. The summed E-state index contributed by atoms with van der Waals surface area (Å²) in [5.41, 5.74) is 1.23. The lowest BCUT2D eigenvalue weighted by Crippen LogP contribution is -2.24. The Morgan fingerprint density at radius 2 is 1.88 bits per heavy atom. The van der Waals surface area contributed by atoms with Gasteiger partial charge in [0.05, 0.1) is 7.11 Å². The number of aromatic nitrogens is 3. The van der Waals surface area contributed by atoms with E-state index in [9.17, 15) is 4.79 Å². The molecule has 0 aliphatic rings. The highest BCUT2D eigenvalue weighted by atomic mass is 16.5. The number of carbonyl (C=O) groups is 1. The Morgan fingerprint density at radius 3 is 2.54 bits per heavy atom. The van der Waals surface area contributed by atoms with Gasteiger partial charge in [0.2, 0.25) is 0 Å². The van der Waals surface area contributed by atoms with Gasteiger partial charge in [0, 0.05) is 18.7 Å². The zero-order valence-electron chi connectivity index (χ0n) is 14.7. The zero-order chi connectivity index (χ0) is 18.5. The number of anilines is 2. The average Bonchev–Trinajstić information content (AvgIpc) is 3.04. The third kappa shape index (κ3) is 4.35. The maximum Gasteiger partial charge on any atom is 0.270 e. The summed E-state index contributed by atoms with van der Waals surface area (Å²) in [6.45, 7) is 3.90. The molecule has 3 aromatic rings. The number of hydrogen-bond acceptors (Lipinski definition) is 7. The van der Waals surface area contributed by atoms with E-state index in [1.807, 2.05) is 24.3 Å². The van der Waals surface area contributed by atoms with Crippen molar-refractivity contribution >= 4 is 17.5 Å². The van der Waals surface area contributed by atoms with Crippen molar-refractivity contribution in [1.82, 2.24) is 20.4 Å². The molecule has 8 heteroatoms. The highest BCUT2D eigenvalue weighted by Gasteiger charge is 2.11. The molecule has 0 aliphatic carbocycles. The lowest BCUT2D eigenvalue weighted by molar-refractivity contribution is 0.0945. The number of carbonyl (C=O) groups excluding carboxylic acids is 1. The molecule has 2 N–H and O–H groups in total. The molecular weight excluding hydrogens is 334 g/mol. The van der Waals surface area contributed by atoms with E-state index < -0.39 is 0 Å². The van der Waals surface area contributed by atoms with Crippen LogP contribution in [-0.4, -0.2) is 28.1 Å². The summed E-state index contributed by atoms with van der Waals surface area (Å²) < 4.78 is 10.1. The van der Waals surface area contributed by atoms with Crippen LogP contribution in [0.15, 0.2) is 40.9 Å². The number of aryl methyl sites for hydroxylation is 2. The van der Waals surface area contributed by atoms with Crippen LogP contribution in [0.4, 0.5) is 11.6 Å². The largest absolute Gasteiger partial charge is 0.497 e. The van der Waals surface area contributed by atoms with Crippen molar-refractivity contribution in [2.45, 2.75) is 20.4 Å². The Morgan fingerprint density at radius 1 is 1.12 bits per heavy atom. The molecule has 3 rings (SSSR count). The molecule has 1 amide bonds. The van der Waals surface area contributed by atoms with Crippen LogP contribution in [0.1, 0.15) is 27.6 Å². The second-order valence-electron chi connectivity index (χ2n) is 5.66. The van der Waals surface area contributed by atoms with E-state index in [1.165, 1.54) is 0 Å². The molecule has 0 bridgehead atoms. The molecule has 0 unspecified atom stereocenters. The van der Waals surface area contributed by atoms with Gasteiger partial charge in [-0.3, -0.25) is 4.79 Å². The number of hydrogen-bond donors (Lipinski definition) is 2. The van der Waals surface area contributed by atoms with Crippen LogP contribution in [0.2, 0.25) is 0 Å². The van der Waals surface area contributed by atoms with Crippen LogP contribution in [0, 0.1) is 13.8 Å². The van der Waals surface area contributed by atoms with Gasteiger partial charge in [-0.15, -0.1) is 0 Å². The van der Waals surface area contributed by atoms with Gasteiger partial charge in [-0.25, -0.2) is 9.97 Å². The minimum absolute atomic E-state index is 0.272. The van der Waals surface area contributed by atoms with Crippen LogP contribution >= 0.6 is 0 Å². The van der Waals surface area contributed by atoms with E-state index in [0.29, 0.717) is 29.8 Å². The quantitative estimate of drug-likeness (QED) is 0.702. The molecule has 0 saturated carbocycles. The third-order valence-corrected chi connectivity index (χ3v) is 3.57. The van der Waals surface area contributed by atoms with Gasteiger partial charge < -0.3 is 19.9 Å². The summed E-state index contributed by atoms with van der Waals surface area (Å²) in [7, 11) is 1.61. The fourth-order valence-corrected chi connectivity index (χ4v) is 2.32.